The molecule has 2 aliphatic rings. The fourth-order valence-corrected chi connectivity index (χ4v) is 4.40. The number of carbonyl (C=O) groups is 4. The molecule has 9 heteroatoms. The van der Waals surface area contributed by atoms with Gasteiger partial charge in [0.05, 0.1) is 4.92 Å². The third-order valence-electron chi connectivity index (χ3n) is 5.98. The van der Waals surface area contributed by atoms with Gasteiger partial charge in [-0.25, -0.2) is 4.79 Å². The molecule has 9 nitrogen and oxygen atoms in total. The molecule has 0 fully saturated rings. The van der Waals surface area contributed by atoms with Gasteiger partial charge in [-0.1, -0.05) is 42.5 Å². The predicted molar refractivity (Wildman–Crippen MR) is 119 cm³/mol. The van der Waals surface area contributed by atoms with Gasteiger partial charge >= 0.3 is 5.97 Å². The minimum Gasteiger partial charge on any atom is -0.452 e. The van der Waals surface area contributed by atoms with Crippen molar-refractivity contribution in [3.63, 3.8) is 0 Å². The van der Waals surface area contributed by atoms with Crippen LogP contribution in [-0.4, -0.2) is 41.5 Å². The summed E-state index contributed by atoms with van der Waals surface area (Å²) in [5.41, 5.74) is -0.0347. The molecule has 0 radical (unpaired) electrons. The first kappa shape index (κ1) is 21.2. The Morgan fingerprint density at radius 1 is 0.912 bits per heavy atom. The molecule has 0 saturated heterocycles. The molecule has 0 aromatic heterocycles. The Balaban J connectivity index is 1.44. The number of hydrogen-bond donors (Lipinski definition) is 0. The maximum Gasteiger partial charge on any atom is 0.345 e. The van der Waals surface area contributed by atoms with Gasteiger partial charge in [-0.2, -0.15) is 0 Å². The van der Waals surface area contributed by atoms with Crippen LogP contribution in [0, 0.1) is 10.1 Å². The number of ether oxygens (including phenoxy) is 1. The van der Waals surface area contributed by atoms with Gasteiger partial charge in [0.15, 0.2) is 12.4 Å². The number of ketones is 2. The van der Waals surface area contributed by atoms with Crippen molar-refractivity contribution in [1.29, 1.82) is 0 Å². The second-order valence-electron chi connectivity index (χ2n) is 7.85. The number of benzene rings is 3. The molecular weight excluding hydrogens is 440 g/mol. The van der Waals surface area contributed by atoms with Gasteiger partial charge in [-0.3, -0.25) is 24.5 Å². The summed E-state index contributed by atoms with van der Waals surface area (Å²) in [7, 11) is 0. The number of anilines is 1. The van der Waals surface area contributed by atoms with E-state index in [1.165, 1.54) is 23.1 Å². The summed E-state index contributed by atoms with van der Waals surface area (Å²) in [4.78, 5) is 63.8. The largest absolute Gasteiger partial charge is 0.452 e. The van der Waals surface area contributed by atoms with Crippen molar-refractivity contribution in [2.45, 2.75) is 6.42 Å². The number of nitrogens with zero attached hydrogens (tertiary/aromatic N) is 2. The summed E-state index contributed by atoms with van der Waals surface area (Å²) in [5.74, 6) is -2.87. The van der Waals surface area contributed by atoms with Crippen molar-refractivity contribution in [2.75, 3.05) is 18.1 Å². The van der Waals surface area contributed by atoms with E-state index < -0.39 is 51.8 Å². The molecule has 1 aliphatic heterocycles. The Morgan fingerprint density at radius 3 is 2.32 bits per heavy atom. The Kier molecular flexibility index (Phi) is 5.01. The smallest absolute Gasteiger partial charge is 0.345 e. The lowest BCUT2D eigenvalue weighted by atomic mass is 9.82. The molecule has 0 saturated carbocycles. The third kappa shape index (κ3) is 3.25. The van der Waals surface area contributed by atoms with Crippen LogP contribution in [0.4, 0.5) is 11.4 Å². The number of nitro benzene ring substituents is 1. The zero-order valence-corrected chi connectivity index (χ0v) is 17.6. The molecule has 1 amide bonds. The molecule has 0 atom stereocenters. The number of esters is 1. The maximum absolute atomic E-state index is 13.0. The van der Waals surface area contributed by atoms with Crippen LogP contribution in [0.15, 0.2) is 60.7 Å². The molecule has 0 spiro atoms. The lowest BCUT2D eigenvalue weighted by Gasteiger charge is -2.19. The molecule has 34 heavy (non-hydrogen) atoms. The highest BCUT2D eigenvalue weighted by molar-refractivity contribution is 6.30. The van der Waals surface area contributed by atoms with E-state index >= 15 is 0 Å². The van der Waals surface area contributed by atoms with Crippen molar-refractivity contribution in [3.05, 3.63) is 104 Å². The van der Waals surface area contributed by atoms with Crippen LogP contribution in [-0.2, 0) is 16.0 Å². The van der Waals surface area contributed by atoms with Crippen molar-refractivity contribution < 1.29 is 28.8 Å². The van der Waals surface area contributed by atoms with Crippen molar-refractivity contribution in [1.82, 2.24) is 0 Å². The van der Waals surface area contributed by atoms with E-state index in [1.807, 2.05) is 12.1 Å². The van der Waals surface area contributed by atoms with Crippen LogP contribution in [0.3, 0.4) is 0 Å². The van der Waals surface area contributed by atoms with E-state index in [0.29, 0.717) is 13.0 Å². The topological polar surface area (TPSA) is 124 Å². The summed E-state index contributed by atoms with van der Waals surface area (Å²) in [6.07, 6.45) is 0.670. The SMILES string of the molecule is O=C1c2ccccc2C(=O)c2c1ccc(C(=O)OCC(=O)N1CCc3ccccc31)c2[N+](=O)[O-]. The first-order chi connectivity index (χ1) is 16.4. The van der Waals surface area contributed by atoms with Crippen LogP contribution >= 0.6 is 0 Å². The van der Waals surface area contributed by atoms with Crippen molar-refractivity contribution in [2.24, 2.45) is 0 Å². The van der Waals surface area contributed by atoms with Gasteiger partial charge in [0.25, 0.3) is 11.6 Å². The number of carbonyl (C=O) groups excluding carboxylic acids is 4. The number of amides is 1. The van der Waals surface area contributed by atoms with E-state index in [4.69, 9.17) is 4.74 Å². The number of nitro groups is 1. The Hall–Kier alpha value is -4.66. The van der Waals surface area contributed by atoms with Gasteiger partial charge < -0.3 is 9.64 Å². The van der Waals surface area contributed by atoms with Gasteiger partial charge in [-0.15, -0.1) is 0 Å². The van der Waals surface area contributed by atoms with Gasteiger partial charge in [0.1, 0.15) is 11.1 Å². The predicted octanol–water partition coefficient (Wildman–Crippen LogP) is 3.12. The lowest BCUT2D eigenvalue weighted by Crippen LogP contribution is -2.33. The minimum absolute atomic E-state index is 0.0245. The van der Waals surface area contributed by atoms with Crippen LogP contribution in [0.1, 0.15) is 47.8 Å². The Labute approximate surface area is 192 Å². The van der Waals surface area contributed by atoms with Crippen LogP contribution < -0.4 is 4.90 Å². The molecule has 168 valence electrons. The van der Waals surface area contributed by atoms with E-state index in [1.54, 1.807) is 24.3 Å². The van der Waals surface area contributed by atoms with Crippen molar-refractivity contribution in [3.8, 4) is 0 Å². The monoisotopic (exact) mass is 456 g/mol. The number of fused-ring (bicyclic) bond motifs is 3. The van der Waals surface area contributed by atoms with Crippen LogP contribution in [0.2, 0.25) is 0 Å². The van der Waals surface area contributed by atoms with Crippen LogP contribution in [0.25, 0.3) is 0 Å². The first-order valence-corrected chi connectivity index (χ1v) is 10.4. The number of hydrogen-bond acceptors (Lipinski definition) is 7. The average molecular weight is 456 g/mol. The highest BCUT2D eigenvalue weighted by Gasteiger charge is 2.39. The summed E-state index contributed by atoms with van der Waals surface area (Å²) >= 11 is 0. The highest BCUT2D eigenvalue weighted by atomic mass is 16.6. The third-order valence-corrected chi connectivity index (χ3v) is 5.98. The molecule has 1 aliphatic carbocycles. The summed E-state index contributed by atoms with van der Waals surface area (Å²) in [6, 6.07) is 15.6. The van der Waals surface area contributed by atoms with E-state index in [2.05, 4.69) is 0 Å². The fraction of sp³-hybridized carbons (Fsp3) is 0.120. The molecule has 1 heterocycles. The molecule has 0 bridgehead atoms. The van der Waals surface area contributed by atoms with Crippen molar-refractivity contribution >= 4 is 34.8 Å². The molecule has 5 rings (SSSR count). The molecule has 3 aromatic carbocycles. The summed E-state index contributed by atoms with van der Waals surface area (Å²) in [5, 5.41) is 11.9. The van der Waals surface area contributed by atoms with Gasteiger partial charge in [-0.05, 0) is 30.2 Å². The molecule has 0 N–H and O–H groups in total. The fourth-order valence-electron chi connectivity index (χ4n) is 4.40. The van der Waals surface area contributed by atoms with Gasteiger partial charge in [0, 0.05) is 28.9 Å². The normalized spacial score (nSPS) is 13.7. The molecular formula is C25H16N2O7. The number of para-hydroxylation sites is 1. The molecule has 3 aromatic rings. The zero-order chi connectivity index (χ0) is 24.0. The standard InChI is InChI=1S/C25H16N2O7/c28-20(26-12-11-14-5-1-4-8-19(14)26)13-34-25(31)18-10-9-17-21(22(18)27(32)33)24(30)16-7-3-2-6-15(16)23(17)29/h1-10H,11-13H2. The molecule has 0 unspecified atom stereocenters. The minimum atomic E-state index is -1.13. The quantitative estimate of drug-likeness (QED) is 0.263. The Morgan fingerprint density at radius 2 is 1.59 bits per heavy atom. The van der Waals surface area contributed by atoms with Gasteiger partial charge in [0.2, 0.25) is 5.78 Å². The van der Waals surface area contributed by atoms with E-state index in [9.17, 15) is 29.3 Å². The average Bonchev–Trinajstić information content (AvgIpc) is 3.29. The lowest BCUT2D eigenvalue weighted by molar-refractivity contribution is -0.385. The Bertz CT molecular complexity index is 1430. The maximum atomic E-state index is 13.0. The zero-order valence-electron chi connectivity index (χ0n) is 17.6. The summed E-state index contributed by atoms with van der Waals surface area (Å²) in [6.45, 7) is -0.193. The summed E-state index contributed by atoms with van der Waals surface area (Å²) < 4.78 is 5.10. The van der Waals surface area contributed by atoms with Crippen LogP contribution in [0.5, 0.6) is 0 Å². The number of rotatable bonds is 4. The highest BCUT2D eigenvalue weighted by Crippen LogP contribution is 2.36. The second kappa shape index (κ2) is 8.04. The van der Waals surface area contributed by atoms with E-state index in [-0.39, 0.29) is 16.7 Å². The first-order valence-electron chi connectivity index (χ1n) is 10.4. The second-order valence-corrected chi connectivity index (χ2v) is 7.85. The van der Waals surface area contributed by atoms with E-state index in [0.717, 1.165) is 17.3 Å².